The number of aromatic amines is 1. The highest BCUT2D eigenvalue weighted by Gasteiger charge is 2.13. The lowest BCUT2D eigenvalue weighted by atomic mass is 10.0. The van der Waals surface area contributed by atoms with E-state index in [1.54, 1.807) is 0 Å². The van der Waals surface area contributed by atoms with E-state index in [-0.39, 0.29) is 0 Å². The zero-order valence-electron chi connectivity index (χ0n) is 14.8. The fourth-order valence-electron chi connectivity index (χ4n) is 3.25. The van der Waals surface area contributed by atoms with Crippen LogP contribution >= 0.6 is 0 Å². The SMILES string of the molecule is Cc1ccc(CCc2nc3ccc(-c4c(C)noc4C)cc3[nH]2)cc1. The van der Waals surface area contributed by atoms with Crippen LogP contribution in [-0.4, -0.2) is 15.1 Å². The van der Waals surface area contributed by atoms with E-state index >= 15 is 0 Å². The first-order valence-electron chi connectivity index (χ1n) is 8.57. The Labute approximate surface area is 146 Å². The van der Waals surface area contributed by atoms with Crippen molar-refractivity contribution in [1.29, 1.82) is 0 Å². The van der Waals surface area contributed by atoms with Gasteiger partial charge in [-0.25, -0.2) is 4.98 Å². The van der Waals surface area contributed by atoms with Crippen LogP contribution in [0.5, 0.6) is 0 Å². The fourth-order valence-corrected chi connectivity index (χ4v) is 3.25. The van der Waals surface area contributed by atoms with Gasteiger partial charge in [-0.2, -0.15) is 0 Å². The van der Waals surface area contributed by atoms with Gasteiger partial charge in [0.2, 0.25) is 0 Å². The molecule has 4 rings (SSSR count). The third kappa shape index (κ3) is 3.07. The Kier molecular flexibility index (Phi) is 3.88. The van der Waals surface area contributed by atoms with Gasteiger partial charge in [-0.15, -0.1) is 0 Å². The molecule has 0 aliphatic carbocycles. The lowest BCUT2D eigenvalue weighted by Crippen LogP contribution is -1.93. The lowest BCUT2D eigenvalue weighted by Gasteiger charge is -2.00. The third-order valence-corrected chi connectivity index (χ3v) is 4.62. The largest absolute Gasteiger partial charge is 0.361 e. The average Bonchev–Trinajstić information content (AvgIpc) is 3.16. The van der Waals surface area contributed by atoms with Gasteiger partial charge >= 0.3 is 0 Å². The Hall–Kier alpha value is -2.88. The van der Waals surface area contributed by atoms with Crippen molar-refractivity contribution in [2.24, 2.45) is 0 Å². The van der Waals surface area contributed by atoms with Gasteiger partial charge in [0.25, 0.3) is 0 Å². The van der Waals surface area contributed by atoms with Gasteiger partial charge in [-0.1, -0.05) is 41.1 Å². The summed E-state index contributed by atoms with van der Waals surface area (Å²) in [5, 5.41) is 4.05. The number of imidazole rings is 1. The molecular formula is C21H21N3O. The Morgan fingerprint density at radius 3 is 2.48 bits per heavy atom. The van der Waals surface area contributed by atoms with Crippen molar-refractivity contribution in [3.05, 3.63) is 70.9 Å². The Morgan fingerprint density at radius 1 is 0.960 bits per heavy atom. The van der Waals surface area contributed by atoms with Crippen LogP contribution in [0, 0.1) is 20.8 Å². The van der Waals surface area contributed by atoms with Crippen molar-refractivity contribution < 1.29 is 4.52 Å². The number of hydrogen-bond donors (Lipinski definition) is 1. The number of aryl methyl sites for hydroxylation is 5. The van der Waals surface area contributed by atoms with Crippen LogP contribution in [-0.2, 0) is 12.8 Å². The van der Waals surface area contributed by atoms with Gasteiger partial charge in [0.15, 0.2) is 0 Å². The van der Waals surface area contributed by atoms with Gasteiger partial charge in [0.1, 0.15) is 11.6 Å². The second-order valence-electron chi connectivity index (χ2n) is 6.60. The molecule has 4 nitrogen and oxygen atoms in total. The van der Waals surface area contributed by atoms with E-state index in [2.05, 4.69) is 59.5 Å². The van der Waals surface area contributed by atoms with Crippen molar-refractivity contribution >= 4 is 11.0 Å². The molecule has 0 saturated carbocycles. The summed E-state index contributed by atoms with van der Waals surface area (Å²) in [5.41, 5.74) is 7.76. The molecule has 4 aromatic rings. The number of aromatic nitrogens is 3. The summed E-state index contributed by atoms with van der Waals surface area (Å²) >= 11 is 0. The van der Waals surface area contributed by atoms with Gasteiger partial charge in [0, 0.05) is 12.0 Å². The van der Waals surface area contributed by atoms with Crippen LogP contribution in [0.4, 0.5) is 0 Å². The summed E-state index contributed by atoms with van der Waals surface area (Å²) in [5.74, 6) is 1.86. The summed E-state index contributed by atoms with van der Waals surface area (Å²) in [6.07, 6.45) is 1.88. The highest BCUT2D eigenvalue weighted by molar-refractivity contribution is 5.83. The minimum Gasteiger partial charge on any atom is -0.361 e. The van der Waals surface area contributed by atoms with Crippen LogP contribution in [0.3, 0.4) is 0 Å². The van der Waals surface area contributed by atoms with Gasteiger partial charge in [-0.05, 0) is 50.5 Å². The van der Waals surface area contributed by atoms with Crippen molar-refractivity contribution in [2.75, 3.05) is 0 Å². The molecule has 2 heterocycles. The second-order valence-corrected chi connectivity index (χ2v) is 6.60. The fraction of sp³-hybridized carbons (Fsp3) is 0.238. The minimum atomic E-state index is 0.843. The Bertz CT molecular complexity index is 1010. The van der Waals surface area contributed by atoms with Crippen molar-refractivity contribution in [3.8, 4) is 11.1 Å². The number of fused-ring (bicyclic) bond motifs is 1. The number of rotatable bonds is 4. The van der Waals surface area contributed by atoms with Crippen LogP contribution in [0.1, 0.15) is 28.4 Å². The van der Waals surface area contributed by atoms with E-state index in [9.17, 15) is 0 Å². The molecule has 0 atom stereocenters. The molecule has 0 aliphatic heterocycles. The summed E-state index contributed by atoms with van der Waals surface area (Å²) < 4.78 is 5.29. The van der Waals surface area contributed by atoms with E-state index < -0.39 is 0 Å². The summed E-state index contributed by atoms with van der Waals surface area (Å²) in [4.78, 5) is 8.17. The maximum Gasteiger partial charge on any atom is 0.141 e. The molecule has 0 amide bonds. The molecule has 126 valence electrons. The van der Waals surface area contributed by atoms with Crippen LogP contribution < -0.4 is 0 Å². The predicted octanol–water partition coefficient (Wildman–Crippen LogP) is 4.93. The number of hydrogen-bond acceptors (Lipinski definition) is 3. The lowest BCUT2D eigenvalue weighted by molar-refractivity contribution is 0.393. The molecule has 1 N–H and O–H groups in total. The zero-order chi connectivity index (χ0) is 17.4. The number of benzene rings is 2. The molecule has 0 bridgehead atoms. The summed E-state index contributed by atoms with van der Waals surface area (Å²) in [7, 11) is 0. The zero-order valence-corrected chi connectivity index (χ0v) is 14.8. The quantitative estimate of drug-likeness (QED) is 0.577. The molecule has 0 radical (unpaired) electrons. The van der Waals surface area contributed by atoms with E-state index in [0.29, 0.717) is 0 Å². The average molecular weight is 331 g/mol. The molecule has 0 fully saturated rings. The van der Waals surface area contributed by atoms with E-state index in [1.807, 2.05) is 13.8 Å². The van der Waals surface area contributed by atoms with Crippen molar-refractivity contribution in [2.45, 2.75) is 33.6 Å². The van der Waals surface area contributed by atoms with E-state index in [0.717, 1.165) is 52.3 Å². The smallest absolute Gasteiger partial charge is 0.141 e. The molecule has 0 saturated heterocycles. The van der Waals surface area contributed by atoms with E-state index in [1.165, 1.54) is 11.1 Å². The summed E-state index contributed by atoms with van der Waals surface area (Å²) in [6, 6.07) is 15.0. The maximum atomic E-state index is 5.29. The summed E-state index contributed by atoms with van der Waals surface area (Å²) in [6.45, 7) is 6.02. The first-order chi connectivity index (χ1) is 12.1. The van der Waals surface area contributed by atoms with E-state index in [4.69, 9.17) is 9.51 Å². The standard InChI is InChI=1S/C21H21N3O/c1-13-4-6-16(7-5-13)8-11-20-22-18-10-9-17(12-19(18)23-20)21-14(2)24-25-15(21)3/h4-7,9-10,12H,8,11H2,1-3H3,(H,22,23). The molecule has 0 spiro atoms. The third-order valence-electron chi connectivity index (χ3n) is 4.62. The monoisotopic (exact) mass is 331 g/mol. The van der Waals surface area contributed by atoms with Gasteiger partial charge in [-0.3, -0.25) is 0 Å². The normalized spacial score (nSPS) is 11.3. The molecule has 0 aliphatic rings. The first-order valence-corrected chi connectivity index (χ1v) is 8.57. The minimum absolute atomic E-state index is 0.843. The molecular weight excluding hydrogens is 310 g/mol. The highest BCUT2D eigenvalue weighted by atomic mass is 16.5. The van der Waals surface area contributed by atoms with Crippen LogP contribution in [0.25, 0.3) is 22.2 Å². The molecule has 0 unspecified atom stereocenters. The second kappa shape index (κ2) is 6.20. The predicted molar refractivity (Wildman–Crippen MR) is 99.7 cm³/mol. The topological polar surface area (TPSA) is 54.7 Å². The van der Waals surface area contributed by atoms with Gasteiger partial charge < -0.3 is 9.51 Å². The van der Waals surface area contributed by atoms with Crippen molar-refractivity contribution in [1.82, 2.24) is 15.1 Å². The van der Waals surface area contributed by atoms with Crippen molar-refractivity contribution in [3.63, 3.8) is 0 Å². The first kappa shape index (κ1) is 15.6. The van der Waals surface area contributed by atoms with Crippen LogP contribution in [0.15, 0.2) is 47.0 Å². The highest BCUT2D eigenvalue weighted by Crippen LogP contribution is 2.29. The number of H-pyrrole nitrogens is 1. The molecule has 2 aromatic carbocycles. The van der Waals surface area contributed by atoms with Crippen LogP contribution in [0.2, 0.25) is 0 Å². The molecule has 25 heavy (non-hydrogen) atoms. The number of nitrogens with zero attached hydrogens (tertiary/aromatic N) is 2. The molecule has 4 heteroatoms. The molecule has 2 aromatic heterocycles. The Balaban J connectivity index is 1.59. The van der Waals surface area contributed by atoms with Gasteiger partial charge in [0.05, 0.1) is 16.7 Å². The maximum absolute atomic E-state index is 5.29. The Morgan fingerprint density at radius 2 is 1.76 bits per heavy atom. The number of nitrogens with one attached hydrogen (secondary N) is 1.